The molecule has 2 aliphatic rings. The first kappa shape index (κ1) is 26.3. The molecule has 1 unspecified atom stereocenters. The molecule has 1 amide bonds. The molecule has 5 heteroatoms. The van der Waals surface area contributed by atoms with Crippen molar-refractivity contribution < 1.29 is 14.3 Å². The third-order valence-corrected chi connectivity index (χ3v) is 8.01. The highest BCUT2D eigenvalue weighted by molar-refractivity contribution is 5.97. The van der Waals surface area contributed by atoms with Gasteiger partial charge in [0.25, 0.3) is 0 Å². The van der Waals surface area contributed by atoms with Crippen LogP contribution in [0.3, 0.4) is 0 Å². The lowest BCUT2D eigenvalue weighted by atomic mass is 9.86. The average molecular weight is 513 g/mol. The number of hydrogen-bond acceptors (Lipinski definition) is 4. The minimum Gasteiger partial charge on any atom is -0.493 e. The van der Waals surface area contributed by atoms with Crippen LogP contribution in [0, 0.1) is 5.92 Å². The van der Waals surface area contributed by atoms with Crippen LogP contribution in [0.4, 0.5) is 5.69 Å². The van der Waals surface area contributed by atoms with Crippen molar-refractivity contribution in [1.82, 2.24) is 4.90 Å². The minimum absolute atomic E-state index is 0.147. The van der Waals surface area contributed by atoms with E-state index in [0.29, 0.717) is 12.5 Å². The lowest BCUT2D eigenvalue weighted by molar-refractivity contribution is -0.124. The summed E-state index contributed by atoms with van der Waals surface area (Å²) in [5.74, 6) is 1.98. The van der Waals surface area contributed by atoms with Crippen LogP contribution in [0.15, 0.2) is 78.9 Å². The third-order valence-electron chi connectivity index (χ3n) is 8.01. The van der Waals surface area contributed by atoms with Crippen LogP contribution in [0.25, 0.3) is 0 Å². The Morgan fingerprint density at radius 1 is 0.868 bits per heavy atom. The molecule has 0 saturated heterocycles. The van der Waals surface area contributed by atoms with Crippen LogP contribution in [0.2, 0.25) is 0 Å². The second kappa shape index (κ2) is 13.0. The largest absolute Gasteiger partial charge is 0.493 e. The number of aryl methyl sites for hydroxylation is 1. The van der Waals surface area contributed by atoms with Crippen molar-refractivity contribution in [2.45, 2.75) is 57.5 Å². The standard InChI is InChI=1S/C33H40N2O3/c1-37-31-18-10-11-19-32(31)38-23-22-34(24-26-12-4-2-5-13-26)25-29-21-20-27-14-8-9-17-30(27)35(29)33(36)28-15-6-3-7-16-28/h2,4-5,8-14,17-19,28-29H,3,6-7,15-16,20-25H2,1H3. The van der Waals surface area contributed by atoms with E-state index in [4.69, 9.17) is 9.47 Å². The zero-order valence-electron chi connectivity index (χ0n) is 22.6. The van der Waals surface area contributed by atoms with Crippen molar-refractivity contribution in [2.24, 2.45) is 5.92 Å². The SMILES string of the molecule is COc1ccccc1OCCN(Cc1ccccc1)CC1CCc2ccccc2N1C(=O)C1CCCCC1. The Morgan fingerprint density at radius 3 is 2.37 bits per heavy atom. The molecule has 0 bridgehead atoms. The molecule has 1 atom stereocenters. The summed E-state index contributed by atoms with van der Waals surface area (Å²) in [5, 5.41) is 0. The van der Waals surface area contributed by atoms with E-state index in [0.717, 1.165) is 75.3 Å². The first-order chi connectivity index (χ1) is 18.7. The number of fused-ring (bicyclic) bond motifs is 1. The molecule has 5 rings (SSSR count). The van der Waals surface area contributed by atoms with E-state index in [9.17, 15) is 4.79 Å². The van der Waals surface area contributed by atoms with E-state index in [2.05, 4.69) is 64.4 Å². The molecule has 38 heavy (non-hydrogen) atoms. The quantitative estimate of drug-likeness (QED) is 0.311. The molecule has 200 valence electrons. The molecule has 1 fully saturated rings. The molecule has 3 aromatic carbocycles. The second-order valence-electron chi connectivity index (χ2n) is 10.6. The Kier molecular flexibility index (Phi) is 8.98. The number of nitrogens with zero attached hydrogens (tertiary/aromatic N) is 2. The number of amides is 1. The smallest absolute Gasteiger partial charge is 0.230 e. The van der Waals surface area contributed by atoms with Gasteiger partial charge in [-0.15, -0.1) is 0 Å². The number of benzene rings is 3. The molecule has 1 saturated carbocycles. The highest BCUT2D eigenvalue weighted by atomic mass is 16.5. The molecular formula is C33H40N2O3. The summed E-state index contributed by atoms with van der Waals surface area (Å²) in [7, 11) is 1.67. The molecule has 0 N–H and O–H groups in total. The van der Waals surface area contributed by atoms with Crippen LogP contribution < -0.4 is 14.4 Å². The number of carbonyl (C=O) groups excluding carboxylic acids is 1. The maximum atomic E-state index is 14.0. The normalized spacial score (nSPS) is 17.7. The topological polar surface area (TPSA) is 42.0 Å². The summed E-state index contributed by atoms with van der Waals surface area (Å²) in [5.41, 5.74) is 3.68. The summed E-state index contributed by atoms with van der Waals surface area (Å²) in [6, 6.07) is 27.0. The van der Waals surface area contributed by atoms with Crippen LogP contribution in [0.5, 0.6) is 11.5 Å². The zero-order chi connectivity index (χ0) is 26.2. The van der Waals surface area contributed by atoms with Gasteiger partial charge in [0.2, 0.25) is 5.91 Å². The highest BCUT2D eigenvalue weighted by Crippen LogP contribution is 2.35. The Morgan fingerprint density at radius 2 is 1.58 bits per heavy atom. The van der Waals surface area contributed by atoms with Gasteiger partial charge >= 0.3 is 0 Å². The van der Waals surface area contributed by atoms with Gasteiger partial charge in [0.15, 0.2) is 11.5 Å². The summed E-state index contributed by atoms with van der Waals surface area (Å²) < 4.78 is 11.6. The van der Waals surface area contributed by atoms with Gasteiger partial charge in [0.05, 0.1) is 7.11 Å². The zero-order valence-corrected chi connectivity index (χ0v) is 22.6. The summed E-state index contributed by atoms with van der Waals surface area (Å²) in [6.07, 6.45) is 7.60. The maximum absolute atomic E-state index is 14.0. The van der Waals surface area contributed by atoms with E-state index in [1.807, 2.05) is 24.3 Å². The van der Waals surface area contributed by atoms with Gasteiger partial charge in [0, 0.05) is 37.3 Å². The van der Waals surface area contributed by atoms with Crippen molar-refractivity contribution in [3.8, 4) is 11.5 Å². The highest BCUT2D eigenvalue weighted by Gasteiger charge is 2.36. The summed E-state index contributed by atoms with van der Waals surface area (Å²) in [6.45, 7) is 2.94. The number of rotatable bonds is 10. The molecule has 0 radical (unpaired) electrons. The predicted molar refractivity (Wildman–Crippen MR) is 153 cm³/mol. The van der Waals surface area contributed by atoms with Gasteiger partial charge in [0.1, 0.15) is 6.61 Å². The predicted octanol–water partition coefficient (Wildman–Crippen LogP) is 6.50. The van der Waals surface area contributed by atoms with Crippen molar-refractivity contribution >= 4 is 11.6 Å². The molecule has 1 aliphatic carbocycles. The third kappa shape index (κ3) is 6.39. The average Bonchev–Trinajstić information content (AvgIpc) is 2.98. The number of hydrogen-bond donors (Lipinski definition) is 0. The van der Waals surface area contributed by atoms with Crippen LogP contribution >= 0.6 is 0 Å². The van der Waals surface area contributed by atoms with Crippen molar-refractivity contribution in [3.05, 3.63) is 90.0 Å². The fourth-order valence-corrected chi connectivity index (χ4v) is 6.02. The van der Waals surface area contributed by atoms with Crippen LogP contribution in [0.1, 0.15) is 49.7 Å². The Bertz CT molecular complexity index is 1180. The molecular weight excluding hydrogens is 472 g/mol. The molecule has 5 nitrogen and oxygen atoms in total. The van der Waals surface area contributed by atoms with Crippen molar-refractivity contribution in [1.29, 1.82) is 0 Å². The lowest BCUT2D eigenvalue weighted by Crippen LogP contribution is -2.52. The first-order valence-electron chi connectivity index (χ1n) is 14.2. The molecule has 1 aliphatic heterocycles. The lowest BCUT2D eigenvalue weighted by Gasteiger charge is -2.42. The van der Waals surface area contributed by atoms with E-state index in [-0.39, 0.29) is 12.0 Å². The Hall–Kier alpha value is -3.31. The van der Waals surface area contributed by atoms with Crippen LogP contribution in [-0.2, 0) is 17.8 Å². The first-order valence-corrected chi connectivity index (χ1v) is 14.2. The number of carbonyl (C=O) groups is 1. The maximum Gasteiger partial charge on any atom is 0.230 e. The fourth-order valence-electron chi connectivity index (χ4n) is 6.02. The van der Waals surface area contributed by atoms with E-state index in [1.54, 1.807) is 7.11 Å². The van der Waals surface area contributed by atoms with Gasteiger partial charge in [-0.05, 0) is 55.0 Å². The van der Waals surface area contributed by atoms with Gasteiger partial charge in [-0.2, -0.15) is 0 Å². The fraction of sp³-hybridized carbons (Fsp3) is 0.424. The van der Waals surface area contributed by atoms with E-state index in [1.165, 1.54) is 17.5 Å². The molecule has 3 aromatic rings. The summed E-state index contributed by atoms with van der Waals surface area (Å²) in [4.78, 5) is 18.6. The molecule has 1 heterocycles. The van der Waals surface area contributed by atoms with Crippen molar-refractivity contribution in [2.75, 3.05) is 31.7 Å². The van der Waals surface area contributed by atoms with Gasteiger partial charge in [-0.3, -0.25) is 9.69 Å². The minimum atomic E-state index is 0.147. The number of methoxy groups -OCH3 is 1. The molecule has 0 spiro atoms. The van der Waals surface area contributed by atoms with Gasteiger partial charge in [-0.25, -0.2) is 0 Å². The number of anilines is 1. The van der Waals surface area contributed by atoms with E-state index >= 15 is 0 Å². The van der Waals surface area contributed by atoms with Crippen molar-refractivity contribution in [3.63, 3.8) is 0 Å². The number of ether oxygens (including phenoxy) is 2. The Labute approximate surface area is 227 Å². The number of para-hydroxylation sites is 3. The second-order valence-corrected chi connectivity index (χ2v) is 10.6. The van der Waals surface area contributed by atoms with Crippen LogP contribution in [-0.4, -0.2) is 43.7 Å². The van der Waals surface area contributed by atoms with E-state index < -0.39 is 0 Å². The summed E-state index contributed by atoms with van der Waals surface area (Å²) >= 11 is 0. The monoisotopic (exact) mass is 512 g/mol. The van der Waals surface area contributed by atoms with Gasteiger partial charge < -0.3 is 14.4 Å². The molecule has 0 aromatic heterocycles. The Balaban J connectivity index is 1.35. The van der Waals surface area contributed by atoms with Gasteiger partial charge in [-0.1, -0.05) is 79.9 Å².